The molecule has 1 heterocycles. The maximum Gasteiger partial charge on any atom is 0.268 e. The summed E-state index contributed by atoms with van der Waals surface area (Å²) in [6.45, 7) is 0.156. The fourth-order valence-electron chi connectivity index (χ4n) is 2.20. The van der Waals surface area contributed by atoms with E-state index in [1.807, 2.05) is 10.8 Å². The van der Waals surface area contributed by atoms with Crippen LogP contribution in [0.1, 0.15) is 34.9 Å². The summed E-state index contributed by atoms with van der Waals surface area (Å²) in [6, 6.07) is 5.75. The lowest BCUT2D eigenvalue weighted by Crippen LogP contribution is -2.25. The van der Waals surface area contributed by atoms with Gasteiger partial charge in [-0.15, -0.1) is 0 Å². The van der Waals surface area contributed by atoms with Crippen molar-refractivity contribution in [3.05, 3.63) is 57.8 Å². The van der Waals surface area contributed by atoms with Gasteiger partial charge in [0.25, 0.3) is 5.91 Å². The molecule has 3 rings (SSSR count). The van der Waals surface area contributed by atoms with E-state index in [2.05, 4.69) is 21.2 Å². The minimum absolute atomic E-state index is 0.156. The lowest BCUT2D eigenvalue weighted by Gasteiger charge is -2.09. The van der Waals surface area contributed by atoms with Crippen LogP contribution in [-0.2, 0) is 6.54 Å². The minimum atomic E-state index is -0.911. The van der Waals surface area contributed by atoms with E-state index in [0.29, 0.717) is 17.3 Å². The average Bonchev–Trinajstić information content (AvgIpc) is 3.22. The summed E-state index contributed by atoms with van der Waals surface area (Å²) in [7, 11) is 0. The van der Waals surface area contributed by atoms with Gasteiger partial charge in [0.1, 0.15) is 5.69 Å². The summed E-state index contributed by atoms with van der Waals surface area (Å²) in [5, 5.41) is 2.73. The number of amides is 1. The summed E-state index contributed by atoms with van der Waals surface area (Å²) >= 11 is 3.37. The van der Waals surface area contributed by atoms with Gasteiger partial charge in [0.2, 0.25) is 0 Å². The Morgan fingerprint density at radius 1 is 1.29 bits per heavy atom. The molecule has 1 saturated carbocycles. The standard InChI is InChI=1S/C15H13BrF2N2O/c16-10-6-14(20(8-10)11-2-3-11)15(21)19-7-9-1-4-12(17)13(18)5-9/h1,4-6,8,11H,2-3,7H2,(H,19,21). The van der Waals surface area contributed by atoms with Crippen LogP contribution < -0.4 is 5.32 Å². The van der Waals surface area contributed by atoms with Crippen LogP contribution in [0.3, 0.4) is 0 Å². The molecule has 1 N–H and O–H groups in total. The number of hydrogen-bond acceptors (Lipinski definition) is 1. The molecule has 0 radical (unpaired) electrons. The van der Waals surface area contributed by atoms with Gasteiger partial charge in [0, 0.05) is 23.3 Å². The summed E-state index contributed by atoms with van der Waals surface area (Å²) < 4.78 is 28.8. The van der Waals surface area contributed by atoms with Crippen LogP contribution in [0.2, 0.25) is 0 Å². The van der Waals surface area contributed by atoms with Crippen molar-refractivity contribution in [1.82, 2.24) is 9.88 Å². The number of benzene rings is 1. The molecule has 1 aliphatic carbocycles. The Hall–Kier alpha value is -1.69. The largest absolute Gasteiger partial charge is 0.347 e. The first-order valence-corrected chi connectivity index (χ1v) is 7.43. The van der Waals surface area contributed by atoms with Crippen molar-refractivity contribution in [2.45, 2.75) is 25.4 Å². The normalized spacial score (nSPS) is 14.2. The summed E-state index contributed by atoms with van der Waals surface area (Å²) in [6.07, 6.45) is 4.04. The van der Waals surface area contributed by atoms with Crippen LogP contribution in [-0.4, -0.2) is 10.5 Å². The molecule has 0 saturated heterocycles. The number of rotatable bonds is 4. The van der Waals surface area contributed by atoms with Gasteiger partial charge >= 0.3 is 0 Å². The second-order valence-electron chi connectivity index (χ2n) is 5.11. The van der Waals surface area contributed by atoms with Crippen molar-refractivity contribution in [2.24, 2.45) is 0 Å². The first kappa shape index (κ1) is 14.3. The van der Waals surface area contributed by atoms with Gasteiger partial charge in [0.15, 0.2) is 11.6 Å². The molecule has 6 heteroatoms. The Balaban J connectivity index is 1.70. The second kappa shape index (κ2) is 5.60. The molecule has 0 spiro atoms. The number of carbonyl (C=O) groups excluding carboxylic acids is 1. The van der Waals surface area contributed by atoms with Gasteiger partial charge in [-0.25, -0.2) is 8.78 Å². The lowest BCUT2D eigenvalue weighted by atomic mass is 10.2. The predicted octanol–water partition coefficient (Wildman–Crippen LogP) is 3.79. The molecule has 0 unspecified atom stereocenters. The molecule has 1 amide bonds. The first-order chi connectivity index (χ1) is 10.0. The highest BCUT2D eigenvalue weighted by atomic mass is 79.9. The Bertz CT molecular complexity index is 695. The summed E-state index contributed by atoms with van der Waals surface area (Å²) in [4.78, 5) is 12.2. The molecular formula is C15H13BrF2N2O. The molecule has 1 aliphatic rings. The molecule has 1 aromatic heterocycles. The SMILES string of the molecule is O=C(NCc1ccc(F)c(F)c1)c1cc(Br)cn1C1CC1. The van der Waals surface area contributed by atoms with E-state index < -0.39 is 11.6 Å². The fourth-order valence-corrected chi connectivity index (χ4v) is 2.64. The third kappa shape index (κ3) is 3.15. The van der Waals surface area contributed by atoms with Crippen molar-refractivity contribution < 1.29 is 13.6 Å². The molecule has 1 aromatic carbocycles. The average molecular weight is 355 g/mol. The van der Waals surface area contributed by atoms with Crippen LogP contribution in [0.4, 0.5) is 8.78 Å². The number of halogens is 3. The maximum atomic E-state index is 13.1. The van der Waals surface area contributed by atoms with E-state index in [1.54, 1.807) is 6.07 Å². The van der Waals surface area contributed by atoms with Crippen molar-refractivity contribution in [2.75, 3.05) is 0 Å². The number of carbonyl (C=O) groups is 1. The lowest BCUT2D eigenvalue weighted by molar-refractivity contribution is 0.0941. The number of nitrogens with one attached hydrogen (secondary N) is 1. The molecule has 0 aliphatic heterocycles. The first-order valence-electron chi connectivity index (χ1n) is 6.64. The fraction of sp³-hybridized carbons (Fsp3) is 0.267. The van der Waals surface area contributed by atoms with Crippen molar-refractivity contribution in [1.29, 1.82) is 0 Å². The molecule has 0 bridgehead atoms. The summed E-state index contributed by atoms with van der Waals surface area (Å²) in [5.74, 6) is -2.03. The van der Waals surface area contributed by atoms with Crippen LogP contribution in [0.15, 0.2) is 34.9 Å². The number of aromatic nitrogens is 1. The van der Waals surface area contributed by atoms with E-state index in [0.717, 1.165) is 29.4 Å². The van der Waals surface area contributed by atoms with E-state index >= 15 is 0 Å². The number of hydrogen-bond donors (Lipinski definition) is 1. The van der Waals surface area contributed by atoms with Gasteiger partial charge in [-0.05, 0) is 52.5 Å². The van der Waals surface area contributed by atoms with Gasteiger partial charge in [-0.3, -0.25) is 4.79 Å². The summed E-state index contributed by atoms with van der Waals surface area (Å²) in [5.41, 5.74) is 1.10. The monoisotopic (exact) mass is 354 g/mol. The van der Waals surface area contributed by atoms with Crippen LogP contribution >= 0.6 is 15.9 Å². The predicted molar refractivity (Wildman–Crippen MR) is 77.9 cm³/mol. The van der Waals surface area contributed by atoms with E-state index in [1.165, 1.54) is 6.07 Å². The van der Waals surface area contributed by atoms with E-state index in [4.69, 9.17) is 0 Å². The number of nitrogens with zero attached hydrogens (tertiary/aromatic N) is 1. The smallest absolute Gasteiger partial charge is 0.268 e. The molecular weight excluding hydrogens is 342 g/mol. The van der Waals surface area contributed by atoms with Crippen LogP contribution in [0.25, 0.3) is 0 Å². The van der Waals surface area contributed by atoms with Gasteiger partial charge in [0.05, 0.1) is 0 Å². The van der Waals surface area contributed by atoms with Crippen LogP contribution in [0.5, 0.6) is 0 Å². The second-order valence-corrected chi connectivity index (χ2v) is 6.03. The zero-order valence-corrected chi connectivity index (χ0v) is 12.7. The Kier molecular flexibility index (Phi) is 3.80. The highest BCUT2D eigenvalue weighted by molar-refractivity contribution is 9.10. The van der Waals surface area contributed by atoms with Crippen molar-refractivity contribution >= 4 is 21.8 Å². The highest BCUT2D eigenvalue weighted by Crippen LogP contribution is 2.37. The van der Waals surface area contributed by atoms with Crippen molar-refractivity contribution in [3.8, 4) is 0 Å². The third-order valence-electron chi connectivity index (χ3n) is 3.43. The minimum Gasteiger partial charge on any atom is -0.347 e. The molecule has 3 nitrogen and oxygen atoms in total. The zero-order valence-electron chi connectivity index (χ0n) is 11.1. The molecule has 1 fully saturated rings. The van der Waals surface area contributed by atoms with E-state index in [9.17, 15) is 13.6 Å². The Morgan fingerprint density at radius 2 is 2.05 bits per heavy atom. The maximum absolute atomic E-state index is 13.1. The molecule has 2 aromatic rings. The molecule has 21 heavy (non-hydrogen) atoms. The van der Waals surface area contributed by atoms with Gasteiger partial charge in [-0.2, -0.15) is 0 Å². The quantitative estimate of drug-likeness (QED) is 0.890. The van der Waals surface area contributed by atoms with Gasteiger partial charge < -0.3 is 9.88 Å². The Labute approximate surface area is 129 Å². The third-order valence-corrected chi connectivity index (χ3v) is 3.86. The highest BCUT2D eigenvalue weighted by Gasteiger charge is 2.27. The van der Waals surface area contributed by atoms with E-state index in [-0.39, 0.29) is 12.5 Å². The van der Waals surface area contributed by atoms with Gasteiger partial charge in [-0.1, -0.05) is 6.07 Å². The molecule has 0 atom stereocenters. The topological polar surface area (TPSA) is 34.0 Å². The molecule has 110 valence electrons. The zero-order chi connectivity index (χ0) is 15.0. The Morgan fingerprint density at radius 3 is 2.71 bits per heavy atom. The van der Waals surface area contributed by atoms with Crippen molar-refractivity contribution in [3.63, 3.8) is 0 Å². The van der Waals surface area contributed by atoms with Crippen LogP contribution in [0, 0.1) is 11.6 Å².